The molecule has 0 fully saturated rings. The SMILES string of the molecule is CCc1ccc(CCOc2ccc(/C=C3/SC(N)=NC3=O)cc2)nc1. The number of ether oxygens (including phenoxy) is 1. The Morgan fingerprint density at radius 3 is 2.60 bits per heavy atom. The lowest BCUT2D eigenvalue weighted by atomic mass is 10.2. The largest absolute Gasteiger partial charge is 0.493 e. The number of rotatable bonds is 6. The van der Waals surface area contributed by atoms with Gasteiger partial charge in [0, 0.05) is 18.3 Å². The van der Waals surface area contributed by atoms with E-state index in [0.29, 0.717) is 11.5 Å². The molecular weight excluding hydrogens is 334 g/mol. The number of hydrogen-bond donors (Lipinski definition) is 1. The van der Waals surface area contributed by atoms with Crippen molar-refractivity contribution in [1.29, 1.82) is 0 Å². The van der Waals surface area contributed by atoms with Crippen LogP contribution >= 0.6 is 11.8 Å². The molecule has 0 aliphatic carbocycles. The van der Waals surface area contributed by atoms with E-state index in [1.54, 1.807) is 6.08 Å². The number of carbonyl (C=O) groups is 1. The molecule has 2 N–H and O–H groups in total. The Balaban J connectivity index is 1.52. The number of nitrogens with two attached hydrogens (primary N) is 1. The fourth-order valence-electron chi connectivity index (χ4n) is 2.32. The monoisotopic (exact) mass is 353 g/mol. The number of amidine groups is 1. The summed E-state index contributed by atoms with van der Waals surface area (Å²) in [6, 6.07) is 11.7. The first-order valence-corrected chi connectivity index (χ1v) is 8.90. The number of aryl methyl sites for hydroxylation is 1. The molecular formula is C19H19N3O2S. The van der Waals surface area contributed by atoms with Crippen molar-refractivity contribution in [2.45, 2.75) is 19.8 Å². The molecule has 0 saturated heterocycles. The van der Waals surface area contributed by atoms with Gasteiger partial charge in [0.1, 0.15) is 5.75 Å². The highest BCUT2D eigenvalue weighted by Crippen LogP contribution is 2.26. The molecule has 1 aromatic heterocycles. The molecule has 0 bridgehead atoms. The van der Waals surface area contributed by atoms with E-state index in [9.17, 15) is 4.79 Å². The highest BCUT2D eigenvalue weighted by molar-refractivity contribution is 8.18. The third kappa shape index (κ3) is 4.70. The third-order valence-electron chi connectivity index (χ3n) is 3.74. The molecule has 5 nitrogen and oxygen atoms in total. The zero-order valence-electron chi connectivity index (χ0n) is 13.9. The van der Waals surface area contributed by atoms with Gasteiger partial charge in [-0.2, -0.15) is 4.99 Å². The van der Waals surface area contributed by atoms with Crippen LogP contribution in [0.25, 0.3) is 6.08 Å². The first-order chi connectivity index (χ1) is 12.1. The normalized spacial score (nSPS) is 15.5. The average Bonchev–Trinajstić information content (AvgIpc) is 2.94. The lowest BCUT2D eigenvalue weighted by Gasteiger charge is -2.07. The molecule has 25 heavy (non-hydrogen) atoms. The smallest absolute Gasteiger partial charge is 0.286 e. The van der Waals surface area contributed by atoms with Gasteiger partial charge in [-0.15, -0.1) is 0 Å². The molecule has 0 saturated carbocycles. The van der Waals surface area contributed by atoms with E-state index in [2.05, 4.69) is 23.0 Å². The maximum atomic E-state index is 11.6. The lowest BCUT2D eigenvalue weighted by Crippen LogP contribution is -2.03. The Morgan fingerprint density at radius 1 is 1.20 bits per heavy atom. The predicted molar refractivity (Wildman–Crippen MR) is 101 cm³/mol. The molecule has 128 valence electrons. The second kappa shape index (κ2) is 7.98. The van der Waals surface area contributed by atoms with Crippen LogP contribution in [0.3, 0.4) is 0 Å². The molecule has 6 heteroatoms. The summed E-state index contributed by atoms with van der Waals surface area (Å²) in [6.45, 7) is 2.68. The molecule has 3 rings (SSSR count). The standard InChI is InChI=1S/C19H19N3O2S/c1-2-13-3-6-15(21-12-13)9-10-24-16-7-4-14(5-8-16)11-17-18(23)22-19(20)25-17/h3-8,11-12H,2,9-10H2,1H3,(H2,20,22,23)/b17-11+. The second-order valence-electron chi connectivity index (χ2n) is 5.54. The van der Waals surface area contributed by atoms with Crippen LogP contribution < -0.4 is 10.5 Å². The Kier molecular flexibility index (Phi) is 5.50. The van der Waals surface area contributed by atoms with Gasteiger partial charge < -0.3 is 10.5 Å². The quantitative estimate of drug-likeness (QED) is 0.807. The summed E-state index contributed by atoms with van der Waals surface area (Å²) in [5.41, 5.74) is 8.70. The molecule has 0 radical (unpaired) electrons. The van der Waals surface area contributed by atoms with Crippen molar-refractivity contribution in [3.63, 3.8) is 0 Å². The van der Waals surface area contributed by atoms with Crippen LogP contribution in [0.2, 0.25) is 0 Å². The second-order valence-corrected chi connectivity index (χ2v) is 6.61. The van der Waals surface area contributed by atoms with Crippen molar-refractivity contribution in [1.82, 2.24) is 4.98 Å². The number of hydrogen-bond acceptors (Lipinski definition) is 5. The molecule has 0 unspecified atom stereocenters. The summed E-state index contributed by atoms with van der Waals surface area (Å²) in [7, 11) is 0. The summed E-state index contributed by atoms with van der Waals surface area (Å²) >= 11 is 1.19. The number of amides is 1. The molecule has 1 aromatic carbocycles. The first kappa shape index (κ1) is 17.2. The molecule has 0 spiro atoms. The van der Waals surface area contributed by atoms with Gasteiger partial charge >= 0.3 is 0 Å². The minimum Gasteiger partial charge on any atom is -0.493 e. The summed E-state index contributed by atoms with van der Waals surface area (Å²) < 4.78 is 5.75. The van der Waals surface area contributed by atoms with Gasteiger partial charge in [0.05, 0.1) is 11.5 Å². The zero-order valence-corrected chi connectivity index (χ0v) is 14.8. The molecule has 0 atom stereocenters. The third-order valence-corrected chi connectivity index (χ3v) is 4.55. The van der Waals surface area contributed by atoms with Gasteiger partial charge in [0.15, 0.2) is 5.17 Å². The van der Waals surface area contributed by atoms with Gasteiger partial charge in [-0.05, 0) is 53.6 Å². The summed E-state index contributed by atoms with van der Waals surface area (Å²) in [4.78, 5) is 20.2. The average molecular weight is 353 g/mol. The molecule has 2 heterocycles. The number of benzene rings is 1. The van der Waals surface area contributed by atoms with Crippen molar-refractivity contribution in [3.05, 3.63) is 64.3 Å². The highest BCUT2D eigenvalue weighted by atomic mass is 32.2. The zero-order chi connectivity index (χ0) is 17.6. The van der Waals surface area contributed by atoms with Crippen LogP contribution in [-0.4, -0.2) is 22.7 Å². The Labute approximate surface area is 151 Å². The molecule has 1 aliphatic rings. The van der Waals surface area contributed by atoms with Crippen molar-refractivity contribution >= 4 is 28.9 Å². The van der Waals surface area contributed by atoms with Crippen molar-refractivity contribution in [3.8, 4) is 5.75 Å². The van der Waals surface area contributed by atoms with Gasteiger partial charge in [0.2, 0.25) is 0 Å². The minimum atomic E-state index is -0.288. The van der Waals surface area contributed by atoms with Gasteiger partial charge in [-0.1, -0.05) is 25.1 Å². The Bertz CT molecular complexity index is 812. The van der Waals surface area contributed by atoms with Gasteiger partial charge in [-0.3, -0.25) is 9.78 Å². The first-order valence-electron chi connectivity index (χ1n) is 8.09. The van der Waals surface area contributed by atoms with E-state index in [4.69, 9.17) is 10.5 Å². The summed E-state index contributed by atoms with van der Waals surface area (Å²) in [6.07, 6.45) is 5.45. The van der Waals surface area contributed by atoms with Crippen LogP contribution in [0.4, 0.5) is 0 Å². The van der Waals surface area contributed by atoms with Crippen LogP contribution in [-0.2, 0) is 17.6 Å². The Morgan fingerprint density at radius 2 is 2.00 bits per heavy atom. The highest BCUT2D eigenvalue weighted by Gasteiger charge is 2.19. The van der Waals surface area contributed by atoms with Crippen molar-refractivity contribution in [2.75, 3.05) is 6.61 Å². The summed E-state index contributed by atoms with van der Waals surface area (Å²) in [5.74, 6) is 0.498. The van der Waals surface area contributed by atoms with E-state index in [-0.39, 0.29) is 11.1 Å². The number of pyridine rings is 1. The molecule has 1 amide bonds. The van der Waals surface area contributed by atoms with Crippen molar-refractivity contribution < 1.29 is 9.53 Å². The van der Waals surface area contributed by atoms with E-state index in [1.165, 1.54) is 17.3 Å². The lowest BCUT2D eigenvalue weighted by molar-refractivity contribution is -0.113. The number of aromatic nitrogens is 1. The van der Waals surface area contributed by atoms with E-state index >= 15 is 0 Å². The topological polar surface area (TPSA) is 77.6 Å². The Hall–Kier alpha value is -2.60. The maximum absolute atomic E-state index is 11.6. The summed E-state index contributed by atoms with van der Waals surface area (Å²) in [5, 5.41) is 0.289. The van der Waals surface area contributed by atoms with E-state index in [1.807, 2.05) is 36.5 Å². The number of carbonyl (C=O) groups excluding carboxylic acids is 1. The predicted octanol–water partition coefficient (Wildman–Crippen LogP) is 3.19. The van der Waals surface area contributed by atoms with Crippen LogP contribution in [0, 0.1) is 0 Å². The van der Waals surface area contributed by atoms with Crippen LogP contribution in [0.1, 0.15) is 23.7 Å². The number of nitrogens with zero attached hydrogens (tertiary/aromatic N) is 2. The molecule has 2 aromatic rings. The van der Waals surface area contributed by atoms with Crippen LogP contribution in [0.15, 0.2) is 52.5 Å². The fourth-order valence-corrected chi connectivity index (χ4v) is 3.00. The van der Waals surface area contributed by atoms with Gasteiger partial charge in [-0.25, -0.2) is 0 Å². The fraction of sp³-hybridized carbons (Fsp3) is 0.211. The van der Waals surface area contributed by atoms with Crippen molar-refractivity contribution in [2.24, 2.45) is 10.7 Å². The number of thioether (sulfide) groups is 1. The van der Waals surface area contributed by atoms with Crippen LogP contribution in [0.5, 0.6) is 5.75 Å². The molecule has 1 aliphatic heterocycles. The number of aliphatic imine (C=N–C) groups is 1. The minimum absolute atomic E-state index is 0.288. The van der Waals surface area contributed by atoms with Gasteiger partial charge in [0.25, 0.3) is 5.91 Å². The maximum Gasteiger partial charge on any atom is 0.286 e. The van der Waals surface area contributed by atoms with E-state index in [0.717, 1.165) is 29.8 Å². The van der Waals surface area contributed by atoms with E-state index < -0.39 is 0 Å².